The molecule has 2 aromatic rings. The molecular formula is C18H18Br2N2O2S. The molecule has 0 aliphatic carbocycles. The maximum absolute atomic E-state index is 11.5. The van der Waals surface area contributed by atoms with Crippen molar-refractivity contribution in [1.29, 1.82) is 0 Å². The number of nitrogens with zero attached hydrogens (tertiary/aromatic N) is 2. The van der Waals surface area contributed by atoms with Crippen LogP contribution in [0.1, 0.15) is 12.0 Å². The average Bonchev–Trinajstić information content (AvgIpc) is 2.91. The molecule has 132 valence electrons. The second-order valence-electron chi connectivity index (χ2n) is 6.06. The molecule has 0 fully saturated rings. The monoisotopic (exact) mass is 484 g/mol. The number of rotatable bonds is 2. The van der Waals surface area contributed by atoms with Crippen LogP contribution in [0.2, 0.25) is 0 Å². The van der Waals surface area contributed by atoms with Crippen LogP contribution in [0.4, 0.5) is 5.69 Å². The standard InChI is InChI=1S/C18H17BrN2O2S.BrH/c19-14-4-2-13(3-5-14)18(23)12-20(15-6-8-16(22)9-7-15)17-21(18)10-1-11-24-17;/h2-9,23H,1,10-12H2;1H. The first-order valence-electron chi connectivity index (χ1n) is 7.90. The molecule has 2 heterocycles. The molecule has 7 heteroatoms. The Hall–Kier alpha value is -1.02. The number of anilines is 1. The van der Waals surface area contributed by atoms with Crippen LogP contribution >= 0.6 is 27.7 Å². The van der Waals surface area contributed by atoms with Gasteiger partial charge in [-0.15, -0.1) is 0 Å². The van der Waals surface area contributed by atoms with E-state index in [4.69, 9.17) is 0 Å². The fourth-order valence-electron chi connectivity index (χ4n) is 3.30. The van der Waals surface area contributed by atoms with E-state index in [0.717, 1.165) is 39.6 Å². The predicted octanol–water partition coefficient (Wildman–Crippen LogP) is 0.329. The Balaban J connectivity index is 0.00000182. The van der Waals surface area contributed by atoms with Crippen LogP contribution in [0.3, 0.4) is 0 Å². The Morgan fingerprint density at radius 1 is 1.08 bits per heavy atom. The highest BCUT2D eigenvalue weighted by Gasteiger charge is 2.53. The van der Waals surface area contributed by atoms with E-state index in [9.17, 15) is 10.2 Å². The maximum Gasteiger partial charge on any atom is 0.316 e. The number of thioether (sulfide) groups is 1. The number of aliphatic hydroxyl groups is 1. The third-order valence-electron chi connectivity index (χ3n) is 4.51. The second kappa shape index (κ2) is 7.31. The third-order valence-corrected chi connectivity index (χ3v) is 6.23. The minimum atomic E-state index is -1.04. The van der Waals surface area contributed by atoms with Crippen molar-refractivity contribution in [3.63, 3.8) is 0 Å². The fourth-order valence-corrected chi connectivity index (χ4v) is 4.74. The normalized spacial score (nSPS) is 22.6. The smallest absolute Gasteiger partial charge is 0.316 e. The lowest BCUT2D eigenvalue weighted by atomic mass is 10.0. The van der Waals surface area contributed by atoms with Gasteiger partial charge in [0.15, 0.2) is 6.54 Å². The van der Waals surface area contributed by atoms with Gasteiger partial charge in [0.2, 0.25) is 0 Å². The van der Waals surface area contributed by atoms with E-state index >= 15 is 0 Å². The Morgan fingerprint density at radius 3 is 2.44 bits per heavy atom. The van der Waals surface area contributed by atoms with Crippen LogP contribution < -0.4 is 21.9 Å². The van der Waals surface area contributed by atoms with Gasteiger partial charge < -0.3 is 27.2 Å². The molecule has 0 radical (unpaired) electrons. The van der Waals surface area contributed by atoms with E-state index in [2.05, 4.69) is 25.4 Å². The highest BCUT2D eigenvalue weighted by Crippen LogP contribution is 2.38. The van der Waals surface area contributed by atoms with E-state index in [1.165, 1.54) is 0 Å². The van der Waals surface area contributed by atoms with Gasteiger partial charge in [-0.3, -0.25) is 0 Å². The first-order valence-corrected chi connectivity index (χ1v) is 9.68. The van der Waals surface area contributed by atoms with Crippen LogP contribution in [0.5, 0.6) is 5.75 Å². The minimum Gasteiger partial charge on any atom is -1.00 e. The molecule has 1 atom stereocenters. The van der Waals surface area contributed by atoms with Gasteiger partial charge in [0.05, 0.1) is 6.54 Å². The zero-order chi connectivity index (χ0) is 16.7. The molecular weight excluding hydrogens is 468 g/mol. The van der Waals surface area contributed by atoms with Crippen LogP contribution in [-0.2, 0) is 5.72 Å². The molecule has 0 spiro atoms. The molecule has 0 amide bonds. The molecule has 0 bridgehead atoms. The Bertz CT molecular complexity index is 796. The topological polar surface area (TPSA) is 46.7 Å². The summed E-state index contributed by atoms with van der Waals surface area (Å²) in [5.41, 5.74) is 0.837. The van der Waals surface area contributed by atoms with E-state index in [1.54, 1.807) is 23.9 Å². The van der Waals surface area contributed by atoms with Crippen molar-refractivity contribution in [3.05, 3.63) is 58.6 Å². The quantitative estimate of drug-likeness (QED) is 0.602. The van der Waals surface area contributed by atoms with Crippen LogP contribution in [-0.4, -0.2) is 38.8 Å². The van der Waals surface area contributed by atoms with Gasteiger partial charge in [0.1, 0.15) is 11.4 Å². The Morgan fingerprint density at radius 2 is 1.76 bits per heavy atom. The van der Waals surface area contributed by atoms with Gasteiger partial charge >= 0.3 is 5.17 Å². The Labute approximate surface area is 170 Å². The van der Waals surface area contributed by atoms with Gasteiger partial charge in [-0.1, -0.05) is 28.1 Å². The van der Waals surface area contributed by atoms with E-state index < -0.39 is 5.72 Å². The highest BCUT2D eigenvalue weighted by molar-refractivity contribution is 9.10. The SMILES string of the molecule is Oc1ccc(N2CC(O)(c3ccc(Br)cc3)[N+]3=C2SCCC3)cc1.[Br-]. The predicted molar refractivity (Wildman–Crippen MR) is 101 cm³/mol. The molecule has 2 aromatic carbocycles. The minimum absolute atomic E-state index is 0. The fraction of sp³-hybridized carbons (Fsp3) is 0.278. The number of halogens is 2. The summed E-state index contributed by atoms with van der Waals surface area (Å²) in [6.45, 7) is 1.31. The third kappa shape index (κ3) is 3.35. The summed E-state index contributed by atoms with van der Waals surface area (Å²) in [6.07, 6.45) is 1.05. The first-order chi connectivity index (χ1) is 11.6. The van der Waals surface area contributed by atoms with Crippen molar-refractivity contribution >= 4 is 38.5 Å². The summed E-state index contributed by atoms with van der Waals surface area (Å²) in [4.78, 5) is 2.14. The van der Waals surface area contributed by atoms with Crippen molar-refractivity contribution in [1.82, 2.24) is 0 Å². The number of phenolic OH excluding ortho intramolecular Hbond substituents is 1. The van der Waals surface area contributed by atoms with Crippen molar-refractivity contribution in [2.75, 3.05) is 23.7 Å². The molecule has 25 heavy (non-hydrogen) atoms. The van der Waals surface area contributed by atoms with Crippen molar-refractivity contribution in [2.45, 2.75) is 12.1 Å². The van der Waals surface area contributed by atoms with Crippen LogP contribution in [0.25, 0.3) is 0 Å². The molecule has 0 aromatic heterocycles. The number of aromatic hydroxyl groups is 1. The van der Waals surface area contributed by atoms with E-state index in [-0.39, 0.29) is 22.7 Å². The maximum atomic E-state index is 11.5. The number of hydrogen-bond donors (Lipinski definition) is 2. The zero-order valence-corrected chi connectivity index (χ0v) is 17.4. The average molecular weight is 486 g/mol. The molecule has 1 unspecified atom stereocenters. The summed E-state index contributed by atoms with van der Waals surface area (Å²) >= 11 is 5.24. The summed E-state index contributed by atoms with van der Waals surface area (Å²) in [5.74, 6) is 1.30. The van der Waals surface area contributed by atoms with Crippen molar-refractivity contribution in [3.8, 4) is 5.75 Å². The number of amidine groups is 1. The van der Waals surface area contributed by atoms with Crippen molar-refractivity contribution in [2.24, 2.45) is 0 Å². The van der Waals surface area contributed by atoms with E-state index in [1.807, 2.05) is 36.4 Å². The zero-order valence-electron chi connectivity index (χ0n) is 13.4. The summed E-state index contributed by atoms with van der Waals surface area (Å²) < 4.78 is 3.11. The summed E-state index contributed by atoms with van der Waals surface area (Å²) in [6, 6.07) is 15.0. The van der Waals surface area contributed by atoms with E-state index in [0.29, 0.717) is 6.54 Å². The molecule has 4 nitrogen and oxygen atoms in total. The number of hydrogen-bond acceptors (Lipinski definition) is 4. The lowest BCUT2D eigenvalue weighted by Gasteiger charge is -2.24. The van der Waals surface area contributed by atoms with Gasteiger partial charge in [-0.2, -0.15) is 0 Å². The lowest BCUT2D eigenvalue weighted by Crippen LogP contribution is -3.00. The molecule has 4 rings (SSSR count). The van der Waals surface area contributed by atoms with Crippen LogP contribution in [0, 0.1) is 0 Å². The van der Waals surface area contributed by atoms with Gasteiger partial charge in [-0.25, -0.2) is 9.48 Å². The molecule has 2 aliphatic heterocycles. The lowest BCUT2D eigenvalue weighted by molar-refractivity contribution is -0.656. The summed E-state index contributed by atoms with van der Waals surface area (Å²) in [7, 11) is 0. The second-order valence-corrected chi connectivity index (χ2v) is 8.04. The summed E-state index contributed by atoms with van der Waals surface area (Å²) in [5, 5.41) is 22.1. The van der Waals surface area contributed by atoms with Gasteiger partial charge in [-0.05, 0) is 54.6 Å². The molecule has 2 aliphatic rings. The molecule has 0 saturated carbocycles. The van der Waals surface area contributed by atoms with Gasteiger partial charge in [0, 0.05) is 15.8 Å². The number of benzene rings is 2. The number of β-amino-alcohol motifs (C(OH)–C–C–N with tert-alkyl or cyclic N) is 1. The molecule has 2 N–H and O–H groups in total. The molecule has 0 saturated heterocycles. The largest absolute Gasteiger partial charge is 1.00 e. The Kier molecular flexibility index (Phi) is 5.48. The highest BCUT2D eigenvalue weighted by atomic mass is 79.9. The van der Waals surface area contributed by atoms with Crippen LogP contribution in [0.15, 0.2) is 53.0 Å². The first kappa shape index (κ1) is 18.8. The number of phenols is 1. The van der Waals surface area contributed by atoms with Crippen molar-refractivity contribution < 1.29 is 31.8 Å². The van der Waals surface area contributed by atoms with Gasteiger partial charge in [0.25, 0.3) is 5.72 Å².